The Kier molecular flexibility index (Phi) is 5.32. The number of aromatic nitrogens is 1. The predicted molar refractivity (Wildman–Crippen MR) is 83.9 cm³/mol. The van der Waals surface area contributed by atoms with E-state index in [4.69, 9.17) is 4.74 Å². The predicted octanol–water partition coefficient (Wildman–Crippen LogP) is 1.71. The van der Waals surface area contributed by atoms with Crippen LogP contribution >= 0.6 is 0 Å². The second-order valence-corrected chi connectivity index (χ2v) is 5.36. The van der Waals surface area contributed by atoms with Gasteiger partial charge in [0.05, 0.1) is 18.5 Å². The van der Waals surface area contributed by atoms with E-state index in [1.165, 1.54) is 11.8 Å². The summed E-state index contributed by atoms with van der Waals surface area (Å²) in [7, 11) is 1.65. The van der Waals surface area contributed by atoms with Crippen LogP contribution in [-0.4, -0.2) is 54.7 Å². The van der Waals surface area contributed by atoms with Gasteiger partial charge in [0.1, 0.15) is 5.82 Å². The molecular formula is C15H22N4O3. The molecule has 1 aliphatic heterocycles. The maximum absolute atomic E-state index is 12.3. The van der Waals surface area contributed by atoms with Crippen molar-refractivity contribution in [3.05, 3.63) is 18.3 Å². The molecule has 7 heteroatoms. The Bertz CT molecular complexity index is 532. The molecule has 0 radical (unpaired) electrons. The van der Waals surface area contributed by atoms with E-state index in [2.05, 4.69) is 10.3 Å². The number of urea groups is 1. The Balaban J connectivity index is 2.00. The van der Waals surface area contributed by atoms with Crippen LogP contribution in [0.2, 0.25) is 0 Å². The Morgan fingerprint density at radius 2 is 2.18 bits per heavy atom. The highest BCUT2D eigenvalue weighted by atomic mass is 16.5. The zero-order valence-corrected chi connectivity index (χ0v) is 13.2. The second-order valence-electron chi connectivity index (χ2n) is 5.36. The number of carbonyl (C=O) groups excluding carboxylic acids is 2. The first-order chi connectivity index (χ1) is 10.5. The van der Waals surface area contributed by atoms with Gasteiger partial charge in [0.2, 0.25) is 5.91 Å². The van der Waals surface area contributed by atoms with E-state index in [1.807, 2.05) is 6.92 Å². The van der Waals surface area contributed by atoms with Gasteiger partial charge in [-0.15, -0.1) is 0 Å². The number of nitrogens with zero attached hydrogens (tertiary/aromatic N) is 3. The van der Waals surface area contributed by atoms with Gasteiger partial charge in [-0.3, -0.25) is 4.79 Å². The number of hydrogen-bond acceptors (Lipinski definition) is 4. The SMILES string of the molecule is CC(=O)N(C)c1ccc(NC(=O)N2CCOCCC2C)cn1. The minimum atomic E-state index is -0.160. The van der Waals surface area contributed by atoms with E-state index in [0.717, 1.165) is 6.42 Å². The molecule has 3 amide bonds. The molecular weight excluding hydrogens is 284 g/mol. The number of rotatable bonds is 2. The van der Waals surface area contributed by atoms with Gasteiger partial charge in [-0.05, 0) is 25.5 Å². The first kappa shape index (κ1) is 16.2. The van der Waals surface area contributed by atoms with Gasteiger partial charge in [-0.1, -0.05) is 0 Å². The summed E-state index contributed by atoms with van der Waals surface area (Å²) in [6.07, 6.45) is 2.37. The van der Waals surface area contributed by atoms with Crippen LogP contribution in [0.3, 0.4) is 0 Å². The van der Waals surface area contributed by atoms with Crippen molar-refractivity contribution in [2.24, 2.45) is 0 Å². The fourth-order valence-corrected chi connectivity index (χ4v) is 2.21. The van der Waals surface area contributed by atoms with Crippen molar-refractivity contribution in [2.45, 2.75) is 26.3 Å². The molecule has 120 valence electrons. The summed E-state index contributed by atoms with van der Waals surface area (Å²) in [4.78, 5) is 31.0. The highest BCUT2D eigenvalue weighted by Gasteiger charge is 2.22. The molecule has 2 heterocycles. The largest absolute Gasteiger partial charge is 0.380 e. The molecule has 1 aromatic rings. The van der Waals surface area contributed by atoms with Crippen LogP contribution in [0, 0.1) is 0 Å². The summed E-state index contributed by atoms with van der Waals surface area (Å²) < 4.78 is 5.39. The number of amides is 3. The lowest BCUT2D eigenvalue weighted by Gasteiger charge is -2.26. The van der Waals surface area contributed by atoms with Crippen molar-refractivity contribution in [3.8, 4) is 0 Å². The summed E-state index contributed by atoms with van der Waals surface area (Å²) in [5.74, 6) is 0.449. The van der Waals surface area contributed by atoms with Crippen molar-refractivity contribution in [3.63, 3.8) is 0 Å². The van der Waals surface area contributed by atoms with Crippen LogP contribution in [-0.2, 0) is 9.53 Å². The van der Waals surface area contributed by atoms with Gasteiger partial charge in [0.15, 0.2) is 0 Å². The minimum absolute atomic E-state index is 0.0947. The van der Waals surface area contributed by atoms with Crippen LogP contribution < -0.4 is 10.2 Å². The molecule has 1 N–H and O–H groups in total. The van der Waals surface area contributed by atoms with Gasteiger partial charge in [-0.25, -0.2) is 9.78 Å². The summed E-state index contributed by atoms with van der Waals surface area (Å²) in [6.45, 7) is 5.29. The van der Waals surface area contributed by atoms with E-state index in [9.17, 15) is 9.59 Å². The Morgan fingerprint density at radius 3 is 2.82 bits per heavy atom. The number of carbonyl (C=O) groups is 2. The Hall–Kier alpha value is -2.15. The smallest absolute Gasteiger partial charge is 0.322 e. The van der Waals surface area contributed by atoms with E-state index in [1.54, 1.807) is 30.3 Å². The van der Waals surface area contributed by atoms with Crippen LogP contribution in [0.1, 0.15) is 20.3 Å². The van der Waals surface area contributed by atoms with Crippen molar-refractivity contribution in [2.75, 3.05) is 37.0 Å². The first-order valence-corrected chi connectivity index (χ1v) is 7.34. The number of anilines is 2. The topological polar surface area (TPSA) is 74.8 Å². The molecule has 7 nitrogen and oxygen atoms in total. The monoisotopic (exact) mass is 306 g/mol. The van der Waals surface area contributed by atoms with Crippen LogP contribution in [0.15, 0.2) is 18.3 Å². The molecule has 1 aliphatic rings. The first-order valence-electron chi connectivity index (χ1n) is 7.34. The quantitative estimate of drug-likeness (QED) is 0.902. The lowest BCUT2D eigenvalue weighted by molar-refractivity contribution is -0.116. The van der Waals surface area contributed by atoms with Crippen LogP contribution in [0.4, 0.5) is 16.3 Å². The van der Waals surface area contributed by atoms with Gasteiger partial charge in [0.25, 0.3) is 0 Å². The molecule has 1 aromatic heterocycles. The zero-order chi connectivity index (χ0) is 16.1. The molecule has 0 bridgehead atoms. The highest BCUT2D eigenvalue weighted by molar-refractivity contribution is 5.91. The third-order valence-electron chi connectivity index (χ3n) is 3.76. The van der Waals surface area contributed by atoms with Crippen molar-refractivity contribution in [1.29, 1.82) is 0 Å². The average Bonchev–Trinajstić information content (AvgIpc) is 2.71. The summed E-state index contributed by atoms with van der Waals surface area (Å²) in [5.41, 5.74) is 0.600. The fourth-order valence-electron chi connectivity index (χ4n) is 2.21. The number of hydrogen-bond donors (Lipinski definition) is 1. The van der Waals surface area contributed by atoms with E-state index in [-0.39, 0.29) is 18.0 Å². The van der Waals surface area contributed by atoms with Crippen LogP contribution in [0.5, 0.6) is 0 Å². The van der Waals surface area contributed by atoms with Crippen molar-refractivity contribution in [1.82, 2.24) is 9.88 Å². The Morgan fingerprint density at radius 1 is 1.41 bits per heavy atom. The standard InChI is InChI=1S/C15H22N4O3/c1-11-6-8-22-9-7-19(11)15(21)17-13-4-5-14(16-10-13)18(3)12(2)20/h4-5,10-11H,6-9H2,1-3H3,(H,17,21). The number of nitrogens with one attached hydrogen (secondary N) is 1. The third-order valence-corrected chi connectivity index (χ3v) is 3.76. The fraction of sp³-hybridized carbons (Fsp3) is 0.533. The molecule has 2 rings (SSSR count). The molecule has 0 aliphatic carbocycles. The van der Waals surface area contributed by atoms with Gasteiger partial charge in [-0.2, -0.15) is 0 Å². The molecule has 22 heavy (non-hydrogen) atoms. The van der Waals surface area contributed by atoms with E-state index in [0.29, 0.717) is 31.3 Å². The maximum Gasteiger partial charge on any atom is 0.322 e. The third kappa shape index (κ3) is 3.94. The molecule has 0 saturated carbocycles. The molecule has 0 spiro atoms. The lowest BCUT2D eigenvalue weighted by Crippen LogP contribution is -2.42. The lowest BCUT2D eigenvalue weighted by atomic mass is 10.2. The van der Waals surface area contributed by atoms with E-state index >= 15 is 0 Å². The summed E-state index contributed by atoms with van der Waals surface area (Å²) >= 11 is 0. The van der Waals surface area contributed by atoms with Gasteiger partial charge < -0.3 is 19.9 Å². The van der Waals surface area contributed by atoms with Gasteiger partial charge in [0, 0.05) is 33.2 Å². The van der Waals surface area contributed by atoms with Crippen LogP contribution in [0.25, 0.3) is 0 Å². The summed E-state index contributed by atoms with van der Waals surface area (Å²) in [5, 5.41) is 2.83. The van der Waals surface area contributed by atoms with Crippen molar-refractivity contribution < 1.29 is 14.3 Å². The minimum Gasteiger partial charge on any atom is -0.380 e. The molecule has 1 unspecified atom stereocenters. The van der Waals surface area contributed by atoms with Crippen molar-refractivity contribution >= 4 is 23.4 Å². The molecule has 1 saturated heterocycles. The van der Waals surface area contributed by atoms with Gasteiger partial charge >= 0.3 is 6.03 Å². The normalized spacial score (nSPS) is 18.5. The Labute approximate surface area is 130 Å². The zero-order valence-electron chi connectivity index (χ0n) is 13.2. The molecule has 1 atom stereocenters. The number of ether oxygens (including phenoxy) is 1. The van der Waals surface area contributed by atoms with E-state index < -0.39 is 0 Å². The average molecular weight is 306 g/mol. The number of pyridine rings is 1. The maximum atomic E-state index is 12.3. The summed E-state index contributed by atoms with van der Waals surface area (Å²) in [6, 6.07) is 3.41. The second kappa shape index (κ2) is 7.22. The molecule has 1 fully saturated rings. The highest BCUT2D eigenvalue weighted by Crippen LogP contribution is 2.15. The molecule has 0 aromatic carbocycles.